The second-order valence-corrected chi connectivity index (χ2v) is 4.89. The van der Waals surface area contributed by atoms with Crippen LogP contribution in [0, 0.1) is 6.92 Å². The maximum atomic E-state index is 12.4. The van der Waals surface area contributed by atoms with Gasteiger partial charge in [-0.25, -0.2) is 9.50 Å². The van der Waals surface area contributed by atoms with E-state index in [2.05, 4.69) is 20.1 Å². The van der Waals surface area contributed by atoms with Gasteiger partial charge in [-0.15, -0.1) is 13.2 Å². The molecule has 9 heteroatoms. The molecular weight excluding hydrogens is 325 g/mol. The van der Waals surface area contributed by atoms with E-state index in [9.17, 15) is 18.0 Å². The van der Waals surface area contributed by atoms with Gasteiger partial charge in [-0.2, -0.15) is 5.10 Å². The number of fused-ring (bicyclic) bond motifs is 1. The number of aromatic nitrogens is 3. The molecule has 1 amide bonds. The van der Waals surface area contributed by atoms with Crippen LogP contribution in [0.2, 0.25) is 0 Å². The quantitative estimate of drug-likeness (QED) is 0.797. The van der Waals surface area contributed by atoms with Crippen LogP contribution in [-0.4, -0.2) is 26.9 Å². The van der Waals surface area contributed by atoms with Gasteiger partial charge in [0.15, 0.2) is 11.4 Å². The van der Waals surface area contributed by atoms with Crippen molar-refractivity contribution in [2.75, 3.05) is 5.32 Å². The van der Waals surface area contributed by atoms with Crippen LogP contribution in [0.25, 0.3) is 5.65 Å². The Bertz CT molecular complexity index is 905. The molecule has 1 aromatic carbocycles. The van der Waals surface area contributed by atoms with Gasteiger partial charge < -0.3 is 10.1 Å². The minimum absolute atomic E-state index is 0.105. The smallest absolute Gasteiger partial charge is 0.404 e. The SMILES string of the molecule is Cc1ccn2ncc(C(=O)Nc3ccccc3OC(F)(F)F)c2n1. The number of aryl methyl sites for hydroxylation is 1. The van der Waals surface area contributed by atoms with Gasteiger partial charge in [-0.05, 0) is 25.1 Å². The number of carbonyl (C=O) groups excluding carboxylic acids is 1. The first-order valence-corrected chi connectivity index (χ1v) is 6.80. The summed E-state index contributed by atoms with van der Waals surface area (Å²) in [5, 5.41) is 6.38. The van der Waals surface area contributed by atoms with Crippen molar-refractivity contribution in [1.29, 1.82) is 0 Å². The molecule has 0 saturated carbocycles. The maximum Gasteiger partial charge on any atom is 0.573 e. The Hall–Kier alpha value is -3.10. The third kappa shape index (κ3) is 3.29. The molecule has 0 radical (unpaired) electrons. The molecule has 0 aliphatic rings. The number of para-hydroxylation sites is 2. The normalized spacial score (nSPS) is 11.5. The third-order valence-corrected chi connectivity index (χ3v) is 3.11. The number of halogens is 3. The molecule has 6 nitrogen and oxygen atoms in total. The lowest BCUT2D eigenvalue weighted by Gasteiger charge is -2.13. The molecule has 0 unspecified atom stereocenters. The van der Waals surface area contributed by atoms with Crippen LogP contribution in [0.15, 0.2) is 42.7 Å². The third-order valence-electron chi connectivity index (χ3n) is 3.11. The molecule has 0 bridgehead atoms. The van der Waals surface area contributed by atoms with Crippen LogP contribution in [0.1, 0.15) is 16.1 Å². The van der Waals surface area contributed by atoms with Crippen molar-refractivity contribution >= 4 is 17.2 Å². The predicted octanol–water partition coefficient (Wildman–Crippen LogP) is 3.19. The van der Waals surface area contributed by atoms with Crippen LogP contribution >= 0.6 is 0 Å². The first-order chi connectivity index (χ1) is 11.3. The van der Waals surface area contributed by atoms with Gasteiger partial charge in [0.2, 0.25) is 0 Å². The number of ether oxygens (including phenoxy) is 1. The number of anilines is 1. The van der Waals surface area contributed by atoms with Crippen LogP contribution in [0.4, 0.5) is 18.9 Å². The van der Waals surface area contributed by atoms with E-state index >= 15 is 0 Å². The molecule has 0 saturated heterocycles. The van der Waals surface area contributed by atoms with Crippen molar-refractivity contribution < 1.29 is 22.7 Å². The van der Waals surface area contributed by atoms with Gasteiger partial charge >= 0.3 is 6.36 Å². The summed E-state index contributed by atoms with van der Waals surface area (Å²) in [5.41, 5.74) is 1.02. The number of hydrogen-bond acceptors (Lipinski definition) is 4. The summed E-state index contributed by atoms with van der Waals surface area (Å²) in [4.78, 5) is 16.6. The molecule has 124 valence electrons. The summed E-state index contributed by atoms with van der Waals surface area (Å²) in [5.74, 6) is -1.14. The molecule has 24 heavy (non-hydrogen) atoms. The highest BCUT2D eigenvalue weighted by Gasteiger charge is 2.32. The van der Waals surface area contributed by atoms with Crippen molar-refractivity contribution in [3.8, 4) is 5.75 Å². The zero-order valence-electron chi connectivity index (χ0n) is 12.3. The predicted molar refractivity (Wildman–Crippen MR) is 78.8 cm³/mol. The summed E-state index contributed by atoms with van der Waals surface area (Å²) in [6.45, 7) is 1.75. The summed E-state index contributed by atoms with van der Waals surface area (Å²) in [6, 6.07) is 6.99. The Morgan fingerprint density at radius 2 is 2.00 bits per heavy atom. The van der Waals surface area contributed by atoms with E-state index in [4.69, 9.17) is 0 Å². The van der Waals surface area contributed by atoms with Crippen LogP contribution < -0.4 is 10.1 Å². The Morgan fingerprint density at radius 3 is 2.75 bits per heavy atom. The lowest BCUT2D eigenvalue weighted by Crippen LogP contribution is -2.19. The largest absolute Gasteiger partial charge is 0.573 e. The molecule has 3 rings (SSSR count). The molecular formula is C15H11F3N4O2. The van der Waals surface area contributed by atoms with Crippen molar-refractivity contribution in [2.24, 2.45) is 0 Å². The zero-order valence-corrected chi connectivity index (χ0v) is 12.3. The van der Waals surface area contributed by atoms with Gasteiger partial charge in [0.05, 0.1) is 11.9 Å². The fraction of sp³-hybridized carbons (Fsp3) is 0.133. The van der Waals surface area contributed by atoms with Gasteiger partial charge in [-0.1, -0.05) is 12.1 Å². The Labute approximate surface area is 133 Å². The Balaban J connectivity index is 1.91. The van der Waals surface area contributed by atoms with Crippen molar-refractivity contribution in [2.45, 2.75) is 13.3 Å². The standard InChI is InChI=1S/C15H11F3N4O2/c1-9-6-7-22-13(20-9)10(8-19-22)14(23)21-11-4-2-3-5-12(11)24-15(16,17)18/h2-8H,1H3,(H,21,23). The van der Waals surface area contributed by atoms with Gasteiger partial charge in [0, 0.05) is 11.9 Å². The highest BCUT2D eigenvalue weighted by molar-refractivity contribution is 6.08. The number of rotatable bonds is 3. The zero-order chi connectivity index (χ0) is 17.3. The van der Waals surface area contributed by atoms with Gasteiger partial charge in [-0.3, -0.25) is 4.79 Å². The highest BCUT2D eigenvalue weighted by Crippen LogP contribution is 2.30. The highest BCUT2D eigenvalue weighted by atomic mass is 19.4. The summed E-state index contributed by atoms with van der Waals surface area (Å²) in [7, 11) is 0. The van der Waals surface area contributed by atoms with E-state index in [0.29, 0.717) is 11.3 Å². The molecule has 2 heterocycles. The van der Waals surface area contributed by atoms with Crippen molar-refractivity contribution in [1.82, 2.24) is 14.6 Å². The maximum absolute atomic E-state index is 12.4. The average molecular weight is 336 g/mol. The fourth-order valence-electron chi connectivity index (χ4n) is 2.09. The van der Waals surface area contributed by atoms with Crippen LogP contribution in [-0.2, 0) is 0 Å². The molecule has 1 N–H and O–H groups in total. The summed E-state index contributed by atoms with van der Waals surface area (Å²) < 4.78 is 42.6. The van der Waals surface area contributed by atoms with E-state index in [1.165, 1.54) is 28.9 Å². The van der Waals surface area contributed by atoms with E-state index in [1.807, 2.05) is 0 Å². The topological polar surface area (TPSA) is 68.5 Å². The van der Waals surface area contributed by atoms with Crippen molar-refractivity contribution in [3.63, 3.8) is 0 Å². The van der Waals surface area contributed by atoms with E-state index in [-0.39, 0.29) is 11.3 Å². The number of alkyl halides is 3. The molecule has 0 fully saturated rings. The van der Waals surface area contributed by atoms with E-state index in [0.717, 1.165) is 6.07 Å². The second-order valence-electron chi connectivity index (χ2n) is 4.89. The van der Waals surface area contributed by atoms with Gasteiger partial charge in [0.25, 0.3) is 5.91 Å². The summed E-state index contributed by atoms with van der Waals surface area (Å²) >= 11 is 0. The van der Waals surface area contributed by atoms with Crippen LogP contribution in [0.5, 0.6) is 5.75 Å². The minimum Gasteiger partial charge on any atom is -0.404 e. The number of carbonyl (C=O) groups is 1. The lowest BCUT2D eigenvalue weighted by molar-refractivity contribution is -0.274. The van der Waals surface area contributed by atoms with E-state index < -0.39 is 18.0 Å². The number of amides is 1. The molecule has 2 aromatic heterocycles. The Kier molecular flexibility index (Phi) is 3.84. The first kappa shape index (κ1) is 15.8. The molecule has 0 aliphatic carbocycles. The summed E-state index contributed by atoms with van der Waals surface area (Å²) in [6.07, 6.45) is -1.93. The van der Waals surface area contributed by atoms with E-state index in [1.54, 1.807) is 19.2 Å². The molecule has 0 aliphatic heterocycles. The Morgan fingerprint density at radius 1 is 1.25 bits per heavy atom. The average Bonchev–Trinajstić information content (AvgIpc) is 2.90. The van der Waals surface area contributed by atoms with Gasteiger partial charge in [0.1, 0.15) is 5.56 Å². The number of nitrogens with one attached hydrogen (secondary N) is 1. The first-order valence-electron chi connectivity index (χ1n) is 6.80. The monoisotopic (exact) mass is 336 g/mol. The molecule has 0 spiro atoms. The minimum atomic E-state index is -4.86. The number of hydrogen-bond donors (Lipinski definition) is 1. The fourth-order valence-corrected chi connectivity index (χ4v) is 2.09. The van der Waals surface area contributed by atoms with Crippen LogP contribution in [0.3, 0.4) is 0 Å². The molecule has 3 aromatic rings. The second kappa shape index (κ2) is 5.84. The number of benzene rings is 1. The molecule has 0 atom stereocenters. The van der Waals surface area contributed by atoms with Crippen molar-refractivity contribution in [3.05, 3.63) is 54.0 Å². The lowest BCUT2D eigenvalue weighted by atomic mass is 10.2. The number of nitrogens with zero attached hydrogens (tertiary/aromatic N) is 3.